The second-order valence-electron chi connectivity index (χ2n) is 4.82. The van der Waals surface area contributed by atoms with Gasteiger partial charge in [-0.1, -0.05) is 3.89 Å². The van der Waals surface area contributed by atoms with Gasteiger partial charge in [-0.2, -0.15) is 8.42 Å². The molecule has 1 fully saturated rings. The molecule has 1 aliphatic rings. The van der Waals surface area contributed by atoms with E-state index < -0.39 is 10.5 Å². The van der Waals surface area contributed by atoms with Crippen molar-refractivity contribution in [3.8, 4) is 18.1 Å². The number of nitrogens with zero attached hydrogens (tertiary/aromatic N) is 1. The van der Waals surface area contributed by atoms with Gasteiger partial charge < -0.3 is 14.4 Å². The van der Waals surface area contributed by atoms with Crippen LogP contribution in [0.1, 0.15) is 11.1 Å². The molecule has 0 amide bonds. The van der Waals surface area contributed by atoms with Crippen molar-refractivity contribution >= 4 is 16.2 Å². The molecule has 1 aliphatic heterocycles. The summed E-state index contributed by atoms with van der Waals surface area (Å²) in [4.78, 5) is 2.10. The molecule has 0 spiro atoms. The molecule has 114 valence electrons. The molecule has 1 heterocycles. The van der Waals surface area contributed by atoms with Gasteiger partial charge in [-0.25, -0.2) is 0 Å². The van der Waals surface area contributed by atoms with Crippen molar-refractivity contribution in [2.75, 3.05) is 31.1 Å². The minimum Gasteiger partial charge on any atom is -0.369 e. The van der Waals surface area contributed by atoms with Crippen molar-refractivity contribution in [3.63, 3.8) is 0 Å². The average molecular weight is 312 g/mol. The summed E-state index contributed by atoms with van der Waals surface area (Å²) >= 11 is 0. The number of benzene rings is 1. The zero-order chi connectivity index (χ0) is 15.5. The van der Waals surface area contributed by atoms with E-state index in [1.807, 2.05) is 6.92 Å². The molecule has 0 unspecified atom stereocenters. The third-order valence-electron chi connectivity index (χ3n) is 3.41. The molecule has 21 heavy (non-hydrogen) atoms. The van der Waals surface area contributed by atoms with Gasteiger partial charge in [0.15, 0.2) is 0 Å². The van der Waals surface area contributed by atoms with E-state index in [0.29, 0.717) is 6.42 Å². The van der Waals surface area contributed by atoms with Crippen molar-refractivity contribution in [2.45, 2.75) is 13.3 Å². The summed E-state index contributed by atoms with van der Waals surface area (Å²) in [5.41, 5.74) is 2.54. The van der Waals surface area contributed by atoms with Gasteiger partial charge in [0.05, 0.1) is 0 Å². The first-order chi connectivity index (χ1) is 9.90. The monoisotopic (exact) mass is 312 g/mol. The smallest absolute Gasteiger partial charge is 0.369 e. The number of anilines is 1. The van der Waals surface area contributed by atoms with E-state index in [4.69, 9.17) is 6.42 Å². The van der Waals surface area contributed by atoms with Crippen LogP contribution < -0.4 is 14.4 Å². The van der Waals surface area contributed by atoms with E-state index in [2.05, 4.69) is 20.3 Å². The van der Waals surface area contributed by atoms with Crippen LogP contribution in [0.2, 0.25) is 0 Å². The lowest BCUT2D eigenvalue weighted by Gasteiger charge is -2.31. The Bertz CT molecular complexity index is 662. The fraction of sp³-hybridized carbons (Fsp3) is 0.429. The summed E-state index contributed by atoms with van der Waals surface area (Å²) in [6.07, 6.45) is 5.66. The molecule has 0 aliphatic carbocycles. The number of rotatable bonds is 4. The highest BCUT2D eigenvalue weighted by Crippen LogP contribution is 2.30. The van der Waals surface area contributed by atoms with Crippen LogP contribution in [0, 0.1) is 19.3 Å². The van der Waals surface area contributed by atoms with Gasteiger partial charge in [-0.3, -0.25) is 0 Å². The fourth-order valence-electron chi connectivity index (χ4n) is 2.42. The first kappa shape index (κ1) is 15.6. The molecule has 0 aromatic heterocycles. The van der Waals surface area contributed by atoms with Crippen LogP contribution in [0.5, 0.6) is 5.75 Å². The molecule has 5 nitrogen and oxygen atoms in total. The molecule has 1 aromatic rings. The van der Waals surface area contributed by atoms with Gasteiger partial charge in [-0.15, -0.1) is 12.3 Å². The summed E-state index contributed by atoms with van der Waals surface area (Å²) < 4.78 is 38.5. The number of nitrogens with one attached hydrogen (secondary N) is 1. The fourth-order valence-corrected chi connectivity index (χ4v) is 2.75. The first-order valence-corrected chi connectivity index (χ1v) is 7.88. The van der Waals surface area contributed by atoms with Gasteiger partial charge >= 0.3 is 10.5 Å². The molecular weight excluding hydrogens is 295 g/mol. The van der Waals surface area contributed by atoms with Crippen LogP contribution in [-0.2, 0) is 16.9 Å². The molecule has 0 atom stereocenters. The Balaban J connectivity index is 2.43. The highest BCUT2D eigenvalue weighted by Gasteiger charge is 2.18. The molecule has 2 rings (SSSR count). The quantitative estimate of drug-likeness (QED) is 0.668. The van der Waals surface area contributed by atoms with Crippen molar-refractivity contribution in [2.24, 2.45) is 0 Å². The Labute approximate surface area is 124 Å². The highest BCUT2D eigenvalue weighted by atomic mass is 32.3. The van der Waals surface area contributed by atoms with Crippen LogP contribution in [0.25, 0.3) is 0 Å². The summed E-state index contributed by atoms with van der Waals surface area (Å²) in [6, 6.07) is 3.01. The SMILES string of the molecule is C#CCc1cc(OS(=O)(=O)F)cc(N2CCNCC2)c1C. The van der Waals surface area contributed by atoms with Crippen LogP contribution in [0.4, 0.5) is 9.57 Å². The predicted molar refractivity (Wildman–Crippen MR) is 79.5 cm³/mol. The van der Waals surface area contributed by atoms with Crippen molar-refractivity contribution < 1.29 is 16.5 Å². The maximum atomic E-state index is 12.8. The van der Waals surface area contributed by atoms with Crippen molar-refractivity contribution in [1.29, 1.82) is 0 Å². The largest absolute Gasteiger partial charge is 0.488 e. The molecule has 0 bridgehead atoms. The second kappa shape index (κ2) is 6.33. The Morgan fingerprint density at radius 2 is 2.10 bits per heavy atom. The third-order valence-corrected chi connectivity index (χ3v) is 3.80. The number of terminal acetylenes is 1. The lowest BCUT2D eigenvalue weighted by Crippen LogP contribution is -2.43. The van der Waals surface area contributed by atoms with E-state index in [-0.39, 0.29) is 5.75 Å². The number of hydrogen-bond acceptors (Lipinski definition) is 5. The molecule has 7 heteroatoms. The minimum atomic E-state index is -5.05. The maximum absolute atomic E-state index is 12.8. The van der Waals surface area contributed by atoms with Crippen molar-refractivity contribution in [3.05, 3.63) is 23.3 Å². The Morgan fingerprint density at radius 1 is 1.43 bits per heavy atom. The first-order valence-electron chi connectivity index (χ1n) is 6.57. The molecule has 1 aromatic carbocycles. The molecule has 1 saturated heterocycles. The Morgan fingerprint density at radius 3 is 2.67 bits per heavy atom. The van der Waals surface area contributed by atoms with Crippen LogP contribution in [-0.4, -0.2) is 34.6 Å². The molecule has 0 saturated carbocycles. The van der Waals surface area contributed by atoms with Gasteiger partial charge in [0.2, 0.25) is 0 Å². The summed E-state index contributed by atoms with van der Waals surface area (Å²) in [5, 5.41) is 3.24. The summed E-state index contributed by atoms with van der Waals surface area (Å²) in [5.74, 6) is 2.46. The third kappa shape index (κ3) is 4.09. The van der Waals surface area contributed by atoms with Crippen molar-refractivity contribution in [1.82, 2.24) is 5.32 Å². The van der Waals surface area contributed by atoms with Crippen LogP contribution in [0.3, 0.4) is 0 Å². The average Bonchev–Trinajstić information content (AvgIpc) is 2.42. The van der Waals surface area contributed by atoms with Gasteiger partial charge in [0.25, 0.3) is 0 Å². The predicted octanol–water partition coefficient (Wildman–Crippen LogP) is 1.17. The van der Waals surface area contributed by atoms with Gasteiger partial charge in [-0.05, 0) is 24.1 Å². The number of hydrogen-bond donors (Lipinski definition) is 1. The maximum Gasteiger partial charge on any atom is 0.488 e. The lowest BCUT2D eigenvalue weighted by molar-refractivity contribution is 0.440. The highest BCUT2D eigenvalue weighted by molar-refractivity contribution is 7.81. The van der Waals surface area contributed by atoms with E-state index >= 15 is 0 Å². The Hall–Kier alpha value is -1.78. The zero-order valence-corrected chi connectivity index (χ0v) is 12.5. The van der Waals surface area contributed by atoms with Crippen LogP contribution in [0.15, 0.2) is 12.1 Å². The number of piperazine rings is 1. The minimum absolute atomic E-state index is 0.0538. The van der Waals surface area contributed by atoms with Crippen LogP contribution >= 0.6 is 0 Å². The standard InChI is InChI=1S/C14H17FN2O3S/c1-3-4-12-9-13(20-21(15,18)19)10-14(11(12)2)17-7-5-16-6-8-17/h1,9-10,16H,4-8H2,2H3. The second-order valence-corrected chi connectivity index (χ2v) is 5.77. The van der Waals surface area contributed by atoms with E-state index in [0.717, 1.165) is 43.0 Å². The molecular formula is C14H17FN2O3S. The topological polar surface area (TPSA) is 58.6 Å². The van der Waals surface area contributed by atoms with E-state index in [9.17, 15) is 12.3 Å². The molecule has 1 N–H and O–H groups in total. The van der Waals surface area contributed by atoms with Gasteiger partial charge in [0, 0.05) is 44.4 Å². The van der Waals surface area contributed by atoms with Gasteiger partial charge in [0.1, 0.15) is 5.75 Å². The lowest BCUT2D eigenvalue weighted by atomic mass is 10.0. The summed E-state index contributed by atoms with van der Waals surface area (Å²) in [7, 11) is -5.05. The summed E-state index contributed by atoms with van der Waals surface area (Å²) in [6.45, 7) is 5.13. The molecule has 0 radical (unpaired) electrons. The number of halogens is 1. The normalized spacial score (nSPS) is 15.6. The van der Waals surface area contributed by atoms with E-state index in [1.54, 1.807) is 0 Å². The zero-order valence-electron chi connectivity index (χ0n) is 11.7. The van der Waals surface area contributed by atoms with E-state index in [1.165, 1.54) is 12.1 Å². The Kier molecular flexibility index (Phi) is 4.70.